The van der Waals surface area contributed by atoms with Crippen LogP contribution in [0.25, 0.3) is 0 Å². The third kappa shape index (κ3) is 3.70. The number of benzene rings is 1. The molecule has 20 heavy (non-hydrogen) atoms. The zero-order valence-corrected chi connectivity index (χ0v) is 12.0. The molecular formula is C17H23NO2. The van der Waals surface area contributed by atoms with Crippen molar-refractivity contribution in [2.45, 2.75) is 38.6 Å². The average molecular weight is 273 g/mol. The highest BCUT2D eigenvalue weighted by Crippen LogP contribution is 2.23. The SMILES string of the molecule is C=CCCCCCN1CCc2c(cccc2C(=O)O)C1. The second kappa shape index (κ2) is 7.25. The van der Waals surface area contributed by atoms with Crippen LogP contribution in [-0.2, 0) is 13.0 Å². The van der Waals surface area contributed by atoms with Crippen LogP contribution in [0.4, 0.5) is 0 Å². The number of hydrogen-bond acceptors (Lipinski definition) is 2. The van der Waals surface area contributed by atoms with Gasteiger partial charge in [0.25, 0.3) is 0 Å². The van der Waals surface area contributed by atoms with E-state index in [9.17, 15) is 9.90 Å². The van der Waals surface area contributed by atoms with E-state index in [-0.39, 0.29) is 0 Å². The predicted molar refractivity (Wildman–Crippen MR) is 81.0 cm³/mol. The molecule has 0 aliphatic carbocycles. The second-order valence-corrected chi connectivity index (χ2v) is 5.41. The molecule has 108 valence electrons. The van der Waals surface area contributed by atoms with Crippen molar-refractivity contribution < 1.29 is 9.90 Å². The van der Waals surface area contributed by atoms with Crippen molar-refractivity contribution in [3.05, 3.63) is 47.5 Å². The second-order valence-electron chi connectivity index (χ2n) is 5.41. The summed E-state index contributed by atoms with van der Waals surface area (Å²) in [6.45, 7) is 6.70. The first-order valence-electron chi connectivity index (χ1n) is 7.39. The number of rotatable bonds is 7. The Labute approximate surface area is 120 Å². The topological polar surface area (TPSA) is 40.5 Å². The molecule has 0 fully saturated rings. The summed E-state index contributed by atoms with van der Waals surface area (Å²) >= 11 is 0. The van der Waals surface area contributed by atoms with E-state index < -0.39 is 5.97 Å². The van der Waals surface area contributed by atoms with Crippen LogP contribution in [0.5, 0.6) is 0 Å². The zero-order valence-electron chi connectivity index (χ0n) is 12.0. The summed E-state index contributed by atoms with van der Waals surface area (Å²) in [6.07, 6.45) is 7.60. The van der Waals surface area contributed by atoms with Gasteiger partial charge >= 0.3 is 5.97 Å². The number of carboxylic acid groups (broad SMARTS) is 1. The fraction of sp³-hybridized carbons (Fsp3) is 0.471. The van der Waals surface area contributed by atoms with E-state index in [1.54, 1.807) is 6.07 Å². The van der Waals surface area contributed by atoms with Gasteiger partial charge in [-0.05, 0) is 49.4 Å². The Bertz CT molecular complexity index is 482. The van der Waals surface area contributed by atoms with E-state index in [1.807, 2.05) is 12.1 Å². The maximum absolute atomic E-state index is 11.2. The molecule has 1 heterocycles. The quantitative estimate of drug-likeness (QED) is 0.610. The molecule has 0 saturated carbocycles. The minimum absolute atomic E-state index is 0.480. The van der Waals surface area contributed by atoms with Crippen molar-refractivity contribution in [2.75, 3.05) is 13.1 Å². The van der Waals surface area contributed by atoms with E-state index in [4.69, 9.17) is 0 Å². The first-order chi connectivity index (χ1) is 9.72. The lowest BCUT2D eigenvalue weighted by Crippen LogP contribution is -2.32. The number of nitrogens with zero attached hydrogens (tertiary/aromatic N) is 1. The number of hydrogen-bond donors (Lipinski definition) is 1. The molecule has 1 N–H and O–H groups in total. The summed E-state index contributed by atoms with van der Waals surface area (Å²) in [5, 5.41) is 9.21. The van der Waals surface area contributed by atoms with Crippen LogP contribution in [0, 0.1) is 0 Å². The third-order valence-electron chi connectivity index (χ3n) is 3.96. The van der Waals surface area contributed by atoms with Crippen molar-refractivity contribution in [1.82, 2.24) is 4.90 Å². The van der Waals surface area contributed by atoms with Gasteiger partial charge in [-0.3, -0.25) is 4.90 Å². The molecule has 0 atom stereocenters. The molecule has 1 aromatic rings. The van der Waals surface area contributed by atoms with Gasteiger partial charge in [0, 0.05) is 13.1 Å². The number of unbranched alkanes of at least 4 members (excludes halogenated alkanes) is 3. The van der Waals surface area contributed by atoms with Crippen LogP contribution in [0.15, 0.2) is 30.9 Å². The first-order valence-corrected chi connectivity index (χ1v) is 7.39. The molecule has 0 radical (unpaired) electrons. The Morgan fingerprint density at radius 3 is 2.95 bits per heavy atom. The molecule has 1 aliphatic rings. The van der Waals surface area contributed by atoms with Crippen LogP contribution in [-0.4, -0.2) is 29.1 Å². The standard InChI is InChI=1S/C17H23NO2/c1-2-3-4-5-6-11-18-12-10-15-14(13-18)8-7-9-16(15)17(19)20/h2,7-9H,1,3-6,10-13H2,(H,19,20). The largest absolute Gasteiger partial charge is 0.478 e. The minimum atomic E-state index is -0.806. The van der Waals surface area contributed by atoms with Crippen molar-refractivity contribution >= 4 is 5.97 Å². The van der Waals surface area contributed by atoms with Gasteiger partial charge in [0.05, 0.1) is 5.56 Å². The lowest BCUT2D eigenvalue weighted by Gasteiger charge is -2.29. The zero-order chi connectivity index (χ0) is 14.4. The van der Waals surface area contributed by atoms with Crippen molar-refractivity contribution in [3.63, 3.8) is 0 Å². The molecule has 1 aromatic carbocycles. The number of allylic oxidation sites excluding steroid dienone is 1. The summed E-state index contributed by atoms with van der Waals surface area (Å²) in [4.78, 5) is 13.6. The molecule has 0 amide bonds. The normalized spacial score (nSPS) is 14.8. The number of fused-ring (bicyclic) bond motifs is 1. The van der Waals surface area contributed by atoms with Gasteiger partial charge in [-0.2, -0.15) is 0 Å². The molecule has 0 bridgehead atoms. The van der Waals surface area contributed by atoms with E-state index >= 15 is 0 Å². The van der Waals surface area contributed by atoms with Gasteiger partial charge in [0.2, 0.25) is 0 Å². The highest BCUT2D eigenvalue weighted by molar-refractivity contribution is 5.89. The molecule has 0 aromatic heterocycles. The Morgan fingerprint density at radius 2 is 2.20 bits per heavy atom. The van der Waals surface area contributed by atoms with Crippen LogP contribution < -0.4 is 0 Å². The molecule has 0 unspecified atom stereocenters. The van der Waals surface area contributed by atoms with Crippen molar-refractivity contribution in [2.24, 2.45) is 0 Å². The van der Waals surface area contributed by atoms with Crippen molar-refractivity contribution in [1.29, 1.82) is 0 Å². The summed E-state index contributed by atoms with van der Waals surface area (Å²) in [6, 6.07) is 5.63. The van der Waals surface area contributed by atoms with Crippen molar-refractivity contribution in [3.8, 4) is 0 Å². The molecule has 3 heteroatoms. The van der Waals surface area contributed by atoms with Crippen LogP contribution in [0.2, 0.25) is 0 Å². The fourth-order valence-corrected chi connectivity index (χ4v) is 2.86. The van der Waals surface area contributed by atoms with Gasteiger partial charge in [-0.1, -0.05) is 24.6 Å². The predicted octanol–water partition coefficient (Wildman–Crippen LogP) is 3.49. The van der Waals surface area contributed by atoms with Gasteiger partial charge in [0.1, 0.15) is 0 Å². The monoisotopic (exact) mass is 273 g/mol. The Kier molecular flexibility index (Phi) is 5.36. The van der Waals surface area contributed by atoms with E-state index in [2.05, 4.69) is 17.5 Å². The highest BCUT2D eigenvalue weighted by atomic mass is 16.4. The molecule has 2 rings (SSSR count). The lowest BCUT2D eigenvalue weighted by molar-refractivity contribution is 0.0694. The van der Waals surface area contributed by atoms with Gasteiger partial charge < -0.3 is 5.11 Å². The van der Waals surface area contributed by atoms with Crippen LogP contribution >= 0.6 is 0 Å². The molecule has 0 spiro atoms. The number of carboxylic acids is 1. The van der Waals surface area contributed by atoms with Gasteiger partial charge in [0.15, 0.2) is 0 Å². The average Bonchev–Trinajstić information content (AvgIpc) is 2.46. The van der Waals surface area contributed by atoms with Gasteiger partial charge in [-0.25, -0.2) is 4.79 Å². The molecule has 1 aliphatic heterocycles. The third-order valence-corrected chi connectivity index (χ3v) is 3.96. The summed E-state index contributed by atoms with van der Waals surface area (Å²) in [7, 11) is 0. The van der Waals surface area contributed by atoms with Crippen LogP contribution in [0.3, 0.4) is 0 Å². The lowest BCUT2D eigenvalue weighted by atomic mass is 9.94. The van der Waals surface area contributed by atoms with E-state index in [1.165, 1.54) is 24.8 Å². The summed E-state index contributed by atoms with van der Waals surface area (Å²) in [5.74, 6) is -0.806. The number of aromatic carboxylic acids is 1. The smallest absolute Gasteiger partial charge is 0.335 e. The Hall–Kier alpha value is -1.61. The minimum Gasteiger partial charge on any atom is -0.478 e. The van der Waals surface area contributed by atoms with E-state index in [0.717, 1.165) is 38.0 Å². The van der Waals surface area contributed by atoms with Crippen LogP contribution in [0.1, 0.15) is 47.2 Å². The maximum atomic E-state index is 11.2. The first kappa shape index (κ1) is 14.8. The number of carbonyl (C=O) groups is 1. The summed E-state index contributed by atoms with van der Waals surface area (Å²) < 4.78 is 0. The summed E-state index contributed by atoms with van der Waals surface area (Å²) in [5.41, 5.74) is 2.69. The molecule has 3 nitrogen and oxygen atoms in total. The maximum Gasteiger partial charge on any atom is 0.335 e. The highest BCUT2D eigenvalue weighted by Gasteiger charge is 2.20. The van der Waals surface area contributed by atoms with Gasteiger partial charge in [-0.15, -0.1) is 6.58 Å². The molecule has 0 saturated heterocycles. The Morgan fingerprint density at radius 1 is 1.35 bits per heavy atom. The van der Waals surface area contributed by atoms with E-state index in [0.29, 0.717) is 5.56 Å². The Balaban J connectivity index is 1.89. The fourth-order valence-electron chi connectivity index (χ4n) is 2.86. The molecular weight excluding hydrogens is 250 g/mol.